The third-order valence-electron chi connectivity index (χ3n) is 3.63. The van der Waals surface area contributed by atoms with Crippen LogP contribution in [0.15, 0.2) is 24.4 Å². The maximum atomic E-state index is 11.1. The van der Waals surface area contributed by atoms with Gasteiger partial charge >= 0.3 is 7.82 Å². The van der Waals surface area contributed by atoms with Gasteiger partial charge in [-0.25, -0.2) is 4.57 Å². The molecule has 0 spiro atoms. The molecular formula is C13H16CdN2O4P-. The summed E-state index contributed by atoms with van der Waals surface area (Å²) < 4.78 is 15.9. The number of fused-ring (bicyclic) bond motifs is 1. The van der Waals surface area contributed by atoms with E-state index in [1.54, 1.807) is 12.1 Å². The van der Waals surface area contributed by atoms with Crippen molar-refractivity contribution in [3.05, 3.63) is 35.3 Å². The van der Waals surface area contributed by atoms with Crippen LogP contribution in [0.3, 0.4) is 0 Å². The molecule has 0 saturated carbocycles. The molecule has 2 aromatic rings. The fourth-order valence-corrected chi connectivity index (χ4v) is 3.17. The predicted octanol–water partition coefficient (Wildman–Crippen LogP) is 2.89. The maximum Gasteiger partial charge on any atom is 0.524 e. The Labute approximate surface area is 142 Å². The van der Waals surface area contributed by atoms with Crippen LogP contribution in [-0.2, 0) is 31.9 Å². The minimum Gasteiger partial charge on any atom is -0.662 e. The molecule has 1 aromatic carbocycles. The summed E-state index contributed by atoms with van der Waals surface area (Å²) in [5.41, 5.74) is 1.88. The van der Waals surface area contributed by atoms with Crippen molar-refractivity contribution in [3.8, 4) is 5.75 Å². The molecule has 3 N–H and O–H groups in total. The third kappa shape index (κ3) is 3.87. The van der Waals surface area contributed by atoms with E-state index in [-0.39, 0.29) is 33.0 Å². The SMILES string of the molecule is O=P(O)(O)Oc1cccc2[nH]cc(C3CC[N-]CC3)c12.[Cd]. The normalized spacial score (nSPS) is 16.7. The van der Waals surface area contributed by atoms with Crippen molar-refractivity contribution in [2.45, 2.75) is 18.8 Å². The van der Waals surface area contributed by atoms with Crippen LogP contribution in [0.4, 0.5) is 0 Å². The van der Waals surface area contributed by atoms with E-state index in [2.05, 4.69) is 10.3 Å². The molecule has 0 atom stereocenters. The van der Waals surface area contributed by atoms with Gasteiger partial charge in [-0.3, -0.25) is 9.79 Å². The number of hydrogen-bond donors (Lipinski definition) is 3. The van der Waals surface area contributed by atoms with Gasteiger partial charge in [0.25, 0.3) is 0 Å². The second-order valence-electron chi connectivity index (χ2n) is 4.95. The van der Waals surface area contributed by atoms with Gasteiger partial charge in [0.2, 0.25) is 0 Å². The van der Waals surface area contributed by atoms with E-state index in [1.165, 1.54) is 0 Å². The van der Waals surface area contributed by atoms with Crippen LogP contribution in [0.2, 0.25) is 0 Å². The van der Waals surface area contributed by atoms with Gasteiger partial charge in [-0.05, 0) is 23.6 Å². The Morgan fingerprint density at radius 1 is 1.29 bits per heavy atom. The number of piperidine rings is 1. The second-order valence-corrected chi connectivity index (χ2v) is 6.11. The number of phosphoric ester groups is 1. The van der Waals surface area contributed by atoms with Gasteiger partial charge in [0.05, 0.1) is 0 Å². The molecule has 6 nitrogen and oxygen atoms in total. The van der Waals surface area contributed by atoms with Gasteiger partial charge < -0.3 is 14.8 Å². The Kier molecular flexibility index (Phi) is 5.48. The minimum atomic E-state index is -4.56. The van der Waals surface area contributed by atoms with Crippen LogP contribution >= 0.6 is 7.82 Å². The Morgan fingerprint density at radius 3 is 2.67 bits per heavy atom. The molecule has 0 unspecified atom stereocenters. The van der Waals surface area contributed by atoms with Gasteiger partial charge in [-0.15, -0.1) is 13.1 Å². The number of nitrogens with one attached hydrogen (secondary N) is 1. The number of aromatic amines is 1. The zero-order valence-electron chi connectivity index (χ0n) is 11.5. The van der Waals surface area contributed by atoms with Crippen LogP contribution in [0.1, 0.15) is 24.3 Å². The number of hydrogen-bond acceptors (Lipinski definition) is 2. The first-order valence-corrected chi connectivity index (χ1v) is 8.06. The molecule has 21 heavy (non-hydrogen) atoms. The quantitative estimate of drug-likeness (QED) is 0.538. The van der Waals surface area contributed by atoms with Crippen molar-refractivity contribution >= 4 is 18.7 Å². The van der Waals surface area contributed by atoms with E-state index in [0.717, 1.165) is 42.4 Å². The molecule has 3 rings (SSSR count). The fraction of sp³-hybridized carbons (Fsp3) is 0.385. The van der Waals surface area contributed by atoms with Crippen LogP contribution in [-0.4, -0.2) is 27.9 Å². The summed E-state index contributed by atoms with van der Waals surface area (Å²) in [6.45, 7) is 1.66. The molecule has 1 fully saturated rings. The Bertz CT molecular complexity index is 663. The predicted molar refractivity (Wildman–Crippen MR) is 76.0 cm³/mol. The van der Waals surface area contributed by atoms with E-state index in [9.17, 15) is 4.57 Å². The molecule has 8 heteroatoms. The number of rotatable bonds is 3. The van der Waals surface area contributed by atoms with E-state index in [1.807, 2.05) is 12.3 Å². The largest absolute Gasteiger partial charge is 0.662 e. The van der Waals surface area contributed by atoms with Crippen LogP contribution in [0.25, 0.3) is 16.2 Å². The first-order valence-electron chi connectivity index (χ1n) is 6.53. The first kappa shape index (κ1) is 17.0. The molecule has 0 aliphatic carbocycles. The van der Waals surface area contributed by atoms with Crippen LogP contribution in [0.5, 0.6) is 5.75 Å². The van der Waals surface area contributed by atoms with Crippen LogP contribution in [0, 0.1) is 0 Å². The minimum absolute atomic E-state index is 0. The molecule has 1 aliphatic heterocycles. The molecule has 0 amide bonds. The summed E-state index contributed by atoms with van der Waals surface area (Å²) in [5, 5.41) is 5.10. The Hall–Kier alpha value is -0.408. The van der Waals surface area contributed by atoms with E-state index in [0.29, 0.717) is 5.92 Å². The zero-order valence-corrected chi connectivity index (χ0v) is 16.5. The summed E-state index contributed by atoms with van der Waals surface area (Å²) in [4.78, 5) is 21.2. The van der Waals surface area contributed by atoms with Gasteiger partial charge in [0.15, 0.2) is 0 Å². The van der Waals surface area contributed by atoms with Crippen molar-refractivity contribution in [3.63, 3.8) is 0 Å². The molecule has 1 saturated heterocycles. The molecule has 1 aromatic heterocycles. The summed E-state index contributed by atoms with van der Waals surface area (Å²) >= 11 is 0. The van der Waals surface area contributed by atoms with Gasteiger partial charge in [-0.2, -0.15) is 0 Å². The molecule has 2 heterocycles. The van der Waals surface area contributed by atoms with Crippen LogP contribution < -0.4 is 4.52 Å². The standard InChI is InChI=1S/C13H16N2O4P.Cd/c16-20(17,18)19-12-3-1-2-11-13(12)10(8-15-11)9-4-6-14-7-5-9;/h1-3,8-9,15H,4-7H2,(H2,16,17,18);/q-1;. The number of benzene rings is 1. The van der Waals surface area contributed by atoms with E-state index in [4.69, 9.17) is 14.3 Å². The topological polar surface area (TPSA) is 96.7 Å². The van der Waals surface area contributed by atoms with Crippen molar-refractivity contribution < 1.29 is 46.2 Å². The average molecular weight is 408 g/mol. The molecular weight excluding hydrogens is 392 g/mol. The van der Waals surface area contributed by atoms with Crippen molar-refractivity contribution in [1.29, 1.82) is 0 Å². The maximum absolute atomic E-state index is 11.1. The summed E-state index contributed by atoms with van der Waals surface area (Å²) in [6, 6.07) is 5.17. The number of aromatic nitrogens is 1. The van der Waals surface area contributed by atoms with E-state index >= 15 is 0 Å². The smallest absolute Gasteiger partial charge is 0.524 e. The zero-order chi connectivity index (χ0) is 14.2. The fourth-order valence-electron chi connectivity index (χ4n) is 2.76. The van der Waals surface area contributed by atoms with Crippen molar-refractivity contribution in [2.24, 2.45) is 0 Å². The summed E-state index contributed by atoms with van der Waals surface area (Å²) in [6.07, 6.45) is 3.82. The average Bonchev–Trinajstić information content (AvgIpc) is 2.83. The number of H-pyrrole nitrogens is 1. The van der Waals surface area contributed by atoms with Gasteiger partial charge in [0, 0.05) is 44.4 Å². The third-order valence-corrected chi connectivity index (χ3v) is 4.06. The number of phosphoric acid groups is 1. The van der Waals surface area contributed by atoms with Crippen molar-refractivity contribution in [2.75, 3.05) is 13.1 Å². The second kappa shape index (κ2) is 6.79. The summed E-state index contributed by atoms with van der Waals surface area (Å²) in [5.74, 6) is 0.581. The van der Waals surface area contributed by atoms with Gasteiger partial charge in [0.1, 0.15) is 5.75 Å². The first-order chi connectivity index (χ1) is 9.54. The van der Waals surface area contributed by atoms with Crippen molar-refractivity contribution in [1.82, 2.24) is 4.98 Å². The molecule has 0 radical (unpaired) electrons. The Morgan fingerprint density at radius 2 is 2.00 bits per heavy atom. The number of nitrogens with zero attached hydrogens (tertiary/aromatic N) is 1. The van der Waals surface area contributed by atoms with Gasteiger partial charge in [-0.1, -0.05) is 18.9 Å². The molecule has 0 bridgehead atoms. The van der Waals surface area contributed by atoms with E-state index < -0.39 is 7.82 Å². The Balaban J connectivity index is 0.00000161. The summed E-state index contributed by atoms with van der Waals surface area (Å²) in [7, 11) is -4.56. The molecule has 110 valence electrons. The monoisotopic (exact) mass is 409 g/mol. The molecule has 1 aliphatic rings.